The van der Waals surface area contributed by atoms with Crippen molar-refractivity contribution in [3.63, 3.8) is 0 Å². The lowest BCUT2D eigenvalue weighted by Gasteiger charge is -2.13. The maximum atomic E-state index is 10.4. The Morgan fingerprint density at radius 2 is 1.57 bits per heavy atom. The molecule has 0 aliphatic carbocycles. The molecule has 14 heavy (non-hydrogen) atoms. The van der Waals surface area contributed by atoms with Crippen LogP contribution >= 0.6 is 11.8 Å². The summed E-state index contributed by atoms with van der Waals surface area (Å²) in [6.07, 6.45) is -2.11. The topological polar surface area (TPSA) is 132 Å². The monoisotopic (exact) mass is 224 g/mol. The number of hydrogen-bond acceptors (Lipinski definition) is 5. The highest BCUT2D eigenvalue weighted by Crippen LogP contribution is 2.15. The summed E-state index contributed by atoms with van der Waals surface area (Å²) in [7, 11) is 0. The lowest BCUT2D eigenvalue weighted by molar-refractivity contribution is -0.152. The molecule has 0 radical (unpaired) electrons. The van der Waals surface area contributed by atoms with Gasteiger partial charge in [0.15, 0.2) is 6.10 Å². The van der Waals surface area contributed by atoms with E-state index < -0.39 is 35.0 Å². The average molecular weight is 224 g/mol. The van der Waals surface area contributed by atoms with E-state index in [-0.39, 0.29) is 0 Å². The van der Waals surface area contributed by atoms with E-state index in [0.717, 1.165) is 0 Å². The molecule has 80 valence electrons. The normalized spacial score (nSPS) is 14.4. The van der Waals surface area contributed by atoms with E-state index in [2.05, 4.69) is 0 Å². The molecule has 4 N–H and O–H groups in total. The molecule has 0 aliphatic rings. The Bertz CT molecular complexity index is 251. The molecule has 2 atom stereocenters. The zero-order chi connectivity index (χ0) is 11.3. The molecule has 0 aromatic heterocycles. The van der Waals surface area contributed by atoms with Crippen molar-refractivity contribution in [3.05, 3.63) is 0 Å². The van der Waals surface area contributed by atoms with Gasteiger partial charge in [0.1, 0.15) is 5.25 Å². The van der Waals surface area contributed by atoms with E-state index in [0.29, 0.717) is 11.8 Å². The minimum Gasteiger partial charge on any atom is -0.481 e. The molecule has 0 aliphatic heterocycles. The minimum atomic E-state index is -2.11. The van der Waals surface area contributed by atoms with Gasteiger partial charge < -0.3 is 20.4 Å². The van der Waals surface area contributed by atoms with E-state index in [9.17, 15) is 14.4 Å². The Morgan fingerprint density at radius 3 is 1.86 bits per heavy atom. The molecule has 0 rings (SSSR count). The van der Waals surface area contributed by atoms with E-state index in [4.69, 9.17) is 20.4 Å². The van der Waals surface area contributed by atoms with E-state index in [1.807, 2.05) is 0 Å². The first-order valence-electron chi connectivity index (χ1n) is 3.33. The molecule has 0 fully saturated rings. The van der Waals surface area contributed by atoms with Crippen LogP contribution in [-0.4, -0.2) is 55.4 Å². The molecule has 0 saturated heterocycles. The molecule has 0 aromatic carbocycles. The molecule has 0 saturated carbocycles. The van der Waals surface area contributed by atoms with Crippen molar-refractivity contribution in [2.45, 2.75) is 11.4 Å². The van der Waals surface area contributed by atoms with Crippen molar-refractivity contribution < 1.29 is 34.8 Å². The Morgan fingerprint density at radius 1 is 1.07 bits per heavy atom. The highest BCUT2D eigenvalue weighted by molar-refractivity contribution is 8.01. The van der Waals surface area contributed by atoms with Gasteiger partial charge in [0.2, 0.25) is 0 Å². The number of hydrogen-bond donors (Lipinski definition) is 4. The molecular weight excluding hydrogens is 216 g/mol. The van der Waals surface area contributed by atoms with Crippen LogP contribution in [0.3, 0.4) is 0 Å². The lowest BCUT2D eigenvalue weighted by atomic mass is 10.2. The second-order valence-corrected chi connectivity index (χ2v) is 3.38. The van der Waals surface area contributed by atoms with Gasteiger partial charge in [-0.05, 0) is 0 Å². The van der Waals surface area contributed by atoms with E-state index >= 15 is 0 Å². The lowest BCUT2D eigenvalue weighted by Crippen LogP contribution is -2.38. The number of thioether (sulfide) groups is 1. The van der Waals surface area contributed by atoms with Gasteiger partial charge in [0.05, 0.1) is 5.75 Å². The van der Waals surface area contributed by atoms with Crippen LogP contribution in [0.4, 0.5) is 0 Å². The Kier molecular flexibility index (Phi) is 4.95. The summed E-state index contributed by atoms with van der Waals surface area (Å²) in [6, 6.07) is 0. The van der Waals surface area contributed by atoms with Gasteiger partial charge in [0.25, 0.3) is 0 Å². The maximum absolute atomic E-state index is 10.4. The number of carbonyl (C=O) groups is 3. The van der Waals surface area contributed by atoms with Crippen LogP contribution in [0.25, 0.3) is 0 Å². The summed E-state index contributed by atoms with van der Waals surface area (Å²) in [6.45, 7) is 0. The van der Waals surface area contributed by atoms with Crippen molar-refractivity contribution in [2.24, 2.45) is 0 Å². The van der Waals surface area contributed by atoms with Gasteiger partial charge >= 0.3 is 17.9 Å². The average Bonchev–Trinajstić information content (AvgIpc) is 2.02. The van der Waals surface area contributed by atoms with Crippen LogP contribution in [0, 0.1) is 0 Å². The van der Waals surface area contributed by atoms with Crippen LogP contribution in [0.15, 0.2) is 0 Å². The second-order valence-electron chi connectivity index (χ2n) is 2.25. The molecule has 0 spiro atoms. The second kappa shape index (κ2) is 5.45. The van der Waals surface area contributed by atoms with Crippen molar-refractivity contribution in [2.75, 3.05) is 5.75 Å². The maximum Gasteiger partial charge on any atom is 0.334 e. The predicted octanol–water partition coefficient (Wildman–Crippen LogP) is -1.30. The molecule has 7 nitrogen and oxygen atoms in total. The Labute approximate surface area is 82.3 Å². The smallest absolute Gasteiger partial charge is 0.334 e. The molecule has 0 aromatic rings. The van der Waals surface area contributed by atoms with Crippen molar-refractivity contribution in [1.29, 1.82) is 0 Å². The largest absolute Gasteiger partial charge is 0.481 e. The zero-order valence-corrected chi connectivity index (χ0v) is 7.60. The number of aliphatic hydroxyl groups is 1. The highest BCUT2D eigenvalue weighted by Gasteiger charge is 2.32. The Balaban J connectivity index is 4.37. The van der Waals surface area contributed by atoms with Gasteiger partial charge in [-0.25, -0.2) is 4.79 Å². The quantitative estimate of drug-likeness (QED) is 0.437. The highest BCUT2D eigenvalue weighted by atomic mass is 32.2. The van der Waals surface area contributed by atoms with Crippen LogP contribution < -0.4 is 0 Å². The van der Waals surface area contributed by atoms with Crippen LogP contribution in [0.2, 0.25) is 0 Å². The zero-order valence-electron chi connectivity index (χ0n) is 6.78. The van der Waals surface area contributed by atoms with Gasteiger partial charge in [-0.2, -0.15) is 0 Å². The summed E-state index contributed by atoms with van der Waals surface area (Å²) in [5.41, 5.74) is 0. The van der Waals surface area contributed by atoms with Crippen molar-refractivity contribution >= 4 is 29.7 Å². The first-order chi connectivity index (χ1) is 6.36. The minimum absolute atomic E-state index is 0.344. The molecule has 0 heterocycles. The molecular formula is C6H8O7S. The first kappa shape index (κ1) is 12.7. The summed E-state index contributed by atoms with van der Waals surface area (Å²) in [5.74, 6) is -5.12. The van der Waals surface area contributed by atoms with E-state index in [1.165, 1.54) is 0 Å². The molecule has 0 unspecified atom stereocenters. The third-order valence-electron chi connectivity index (χ3n) is 1.17. The first-order valence-corrected chi connectivity index (χ1v) is 4.38. The fraction of sp³-hybridized carbons (Fsp3) is 0.500. The van der Waals surface area contributed by atoms with Gasteiger partial charge in [-0.1, -0.05) is 0 Å². The summed E-state index contributed by atoms with van der Waals surface area (Å²) < 4.78 is 0. The number of rotatable bonds is 6. The van der Waals surface area contributed by atoms with Crippen molar-refractivity contribution in [1.82, 2.24) is 0 Å². The van der Waals surface area contributed by atoms with Gasteiger partial charge in [-0.3, -0.25) is 9.59 Å². The fourth-order valence-corrected chi connectivity index (χ4v) is 1.35. The molecule has 0 amide bonds. The third-order valence-corrected chi connectivity index (χ3v) is 2.40. The number of aliphatic carboxylic acids is 3. The Hall–Kier alpha value is -1.28. The fourth-order valence-electron chi connectivity index (χ4n) is 0.588. The predicted molar refractivity (Wildman–Crippen MR) is 45.2 cm³/mol. The summed E-state index contributed by atoms with van der Waals surface area (Å²) >= 11 is 0.344. The van der Waals surface area contributed by atoms with Crippen LogP contribution in [0.1, 0.15) is 0 Å². The standard InChI is InChI=1S/C6H8O7S/c7-2(8)1-14-4(6(12)13)3(9)5(10)11/h3-4,9H,1H2,(H,7,8)(H,10,11)(H,12,13)/t3-,4+/m1/s1. The number of carboxylic acids is 3. The van der Waals surface area contributed by atoms with Gasteiger partial charge in [0, 0.05) is 0 Å². The summed E-state index contributed by atoms with van der Waals surface area (Å²) in [4.78, 5) is 30.7. The molecule has 0 bridgehead atoms. The third kappa shape index (κ3) is 4.10. The van der Waals surface area contributed by atoms with E-state index in [1.54, 1.807) is 0 Å². The van der Waals surface area contributed by atoms with Crippen LogP contribution in [-0.2, 0) is 14.4 Å². The molecule has 8 heteroatoms. The van der Waals surface area contributed by atoms with Crippen LogP contribution in [0.5, 0.6) is 0 Å². The number of carboxylic acid groups (broad SMARTS) is 3. The SMILES string of the molecule is O=C(O)CS[C@H](C(=O)O)[C@@H](O)C(=O)O. The summed E-state index contributed by atoms with van der Waals surface area (Å²) in [5, 5.41) is 32.2. The van der Waals surface area contributed by atoms with Crippen molar-refractivity contribution in [3.8, 4) is 0 Å². The number of aliphatic hydroxyl groups excluding tert-OH is 1. The van der Waals surface area contributed by atoms with Gasteiger partial charge in [-0.15, -0.1) is 11.8 Å².